The Balaban J connectivity index is 1.77. The molecule has 0 radical (unpaired) electrons. The third-order valence-electron chi connectivity index (χ3n) is 3.52. The highest BCUT2D eigenvalue weighted by Crippen LogP contribution is 2.36. The van der Waals surface area contributed by atoms with E-state index in [1.54, 1.807) is 11.3 Å². The Bertz CT molecular complexity index is 530. The maximum atomic E-state index is 6.41. The molecular formula is C14H16ClNS. The summed E-state index contributed by atoms with van der Waals surface area (Å²) in [5.41, 5.74) is 0. The van der Waals surface area contributed by atoms with Gasteiger partial charge in [-0.2, -0.15) is 0 Å². The predicted molar refractivity (Wildman–Crippen MR) is 75.9 cm³/mol. The molecule has 1 atom stereocenters. The van der Waals surface area contributed by atoms with Crippen LogP contribution in [0, 0.1) is 5.92 Å². The first kappa shape index (κ1) is 11.5. The van der Waals surface area contributed by atoms with Gasteiger partial charge < -0.3 is 5.32 Å². The molecule has 1 fully saturated rings. The number of benzene rings is 1. The molecule has 0 bridgehead atoms. The fourth-order valence-corrected chi connectivity index (χ4v) is 3.65. The van der Waals surface area contributed by atoms with Crippen molar-refractivity contribution in [3.63, 3.8) is 0 Å². The lowest BCUT2D eigenvalue weighted by Crippen LogP contribution is -2.26. The topological polar surface area (TPSA) is 12.0 Å². The van der Waals surface area contributed by atoms with Crippen molar-refractivity contribution in [1.29, 1.82) is 0 Å². The first-order valence-corrected chi connectivity index (χ1v) is 7.34. The maximum Gasteiger partial charge on any atom is 0.0636 e. The highest BCUT2D eigenvalue weighted by atomic mass is 35.5. The Morgan fingerprint density at radius 2 is 2.18 bits per heavy atom. The van der Waals surface area contributed by atoms with Gasteiger partial charge in [0.2, 0.25) is 0 Å². The molecule has 1 aliphatic rings. The van der Waals surface area contributed by atoms with Gasteiger partial charge in [-0.15, -0.1) is 11.3 Å². The molecule has 17 heavy (non-hydrogen) atoms. The number of hydrogen-bond acceptors (Lipinski definition) is 2. The summed E-state index contributed by atoms with van der Waals surface area (Å²) in [5.74, 6) is 0.892. The van der Waals surface area contributed by atoms with E-state index in [0.29, 0.717) is 6.04 Å². The summed E-state index contributed by atoms with van der Waals surface area (Å²) >= 11 is 8.21. The third-order valence-corrected chi connectivity index (χ3v) is 5.23. The van der Waals surface area contributed by atoms with E-state index in [0.717, 1.165) is 17.5 Å². The Labute approximate surface area is 111 Å². The van der Waals surface area contributed by atoms with Gasteiger partial charge in [0, 0.05) is 27.5 Å². The zero-order chi connectivity index (χ0) is 11.8. The lowest BCUT2D eigenvalue weighted by molar-refractivity contribution is 0.499. The Hall–Kier alpha value is -0.570. The van der Waals surface area contributed by atoms with E-state index in [1.807, 2.05) is 6.07 Å². The molecule has 0 saturated heterocycles. The predicted octanol–water partition coefficient (Wildman–Crippen LogP) is 4.44. The van der Waals surface area contributed by atoms with Gasteiger partial charge in [0.1, 0.15) is 0 Å². The average molecular weight is 266 g/mol. The van der Waals surface area contributed by atoms with E-state index in [9.17, 15) is 0 Å². The zero-order valence-corrected chi connectivity index (χ0v) is 11.4. The molecule has 0 amide bonds. The molecule has 2 aromatic rings. The average Bonchev–Trinajstić information content (AvgIpc) is 3.14. The van der Waals surface area contributed by atoms with Crippen LogP contribution in [0.5, 0.6) is 0 Å². The van der Waals surface area contributed by atoms with E-state index in [1.165, 1.54) is 27.8 Å². The van der Waals surface area contributed by atoms with Crippen molar-refractivity contribution in [2.24, 2.45) is 5.92 Å². The number of thiophene rings is 1. The van der Waals surface area contributed by atoms with Crippen molar-refractivity contribution in [1.82, 2.24) is 5.32 Å². The molecule has 3 heteroatoms. The van der Waals surface area contributed by atoms with Gasteiger partial charge in [0.25, 0.3) is 0 Å². The molecule has 1 unspecified atom stereocenters. The smallest absolute Gasteiger partial charge is 0.0636 e. The Kier molecular flexibility index (Phi) is 3.12. The van der Waals surface area contributed by atoms with E-state index >= 15 is 0 Å². The third kappa shape index (κ3) is 2.35. The van der Waals surface area contributed by atoms with Crippen molar-refractivity contribution in [3.05, 3.63) is 34.2 Å². The van der Waals surface area contributed by atoms with Gasteiger partial charge in [-0.25, -0.2) is 0 Å². The molecule has 1 saturated carbocycles. The minimum absolute atomic E-state index is 0.622. The van der Waals surface area contributed by atoms with Crippen LogP contribution in [-0.2, 0) is 6.54 Å². The van der Waals surface area contributed by atoms with Crippen molar-refractivity contribution < 1.29 is 0 Å². The Morgan fingerprint density at radius 1 is 1.41 bits per heavy atom. The minimum Gasteiger partial charge on any atom is -0.309 e. The highest BCUT2D eigenvalue weighted by Gasteiger charge is 2.27. The lowest BCUT2D eigenvalue weighted by Gasteiger charge is -2.11. The molecule has 3 rings (SSSR count). The van der Waals surface area contributed by atoms with Crippen LogP contribution < -0.4 is 5.32 Å². The molecule has 1 heterocycles. The minimum atomic E-state index is 0.622. The van der Waals surface area contributed by atoms with Crippen LogP contribution >= 0.6 is 22.9 Å². The second-order valence-electron chi connectivity index (χ2n) is 4.84. The normalized spacial score (nSPS) is 17.5. The van der Waals surface area contributed by atoms with Crippen molar-refractivity contribution in [2.75, 3.05) is 0 Å². The molecule has 1 aliphatic carbocycles. The lowest BCUT2D eigenvalue weighted by atomic mass is 10.2. The summed E-state index contributed by atoms with van der Waals surface area (Å²) in [5, 5.41) is 5.71. The van der Waals surface area contributed by atoms with Gasteiger partial charge in [0.15, 0.2) is 0 Å². The molecule has 0 aliphatic heterocycles. The van der Waals surface area contributed by atoms with Crippen LogP contribution in [0.25, 0.3) is 10.1 Å². The summed E-state index contributed by atoms with van der Waals surface area (Å²) in [7, 11) is 0. The van der Waals surface area contributed by atoms with E-state index in [-0.39, 0.29) is 0 Å². The van der Waals surface area contributed by atoms with E-state index in [2.05, 4.69) is 30.4 Å². The van der Waals surface area contributed by atoms with Crippen molar-refractivity contribution in [2.45, 2.75) is 32.4 Å². The van der Waals surface area contributed by atoms with Crippen molar-refractivity contribution >= 4 is 33.0 Å². The molecule has 1 aromatic carbocycles. The maximum absolute atomic E-state index is 6.41. The number of fused-ring (bicyclic) bond motifs is 1. The van der Waals surface area contributed by atoms with E-state index < -0.39 is 0 Å². The number of rotatable bonds is 4. The van der Waals surface area contributed by atoms with Crippen LogP contribution in [0.2, 0.25) is 5.02 Å². The molecule has 1 aromatic heterocycles. The quantitative estimate of drug-likeness (QED) is 0.862. The van der Waals surface area contributed by atoms with Gasteiger partial charge in [-0.1, -0.05) is 29.8 Å². The zero-order valence-electron chi connectivity index (χ0n) is 9.87. The summed E-state index contributed by atoms with van der Waals surface area (Å²) < 4.78 is 1.29. The molecule has 1 N–H and O–H groups in total. The fraction of sp³-hybridized carbons (Fsp3) is 0.429. The van der Waals surface area contributed by atoms with Gasteiger partial charge in [-0.05, 0) is 31.7 Å². The number of hydrogen-bond donors (Lipinski definition) is 1. The van der Waals surface area contributed by atoms with Crippen molar-refractivity contribution in [3.8, 4) is 0 Å². The molecule has 90 valence electrons. The molecular weight excluding hydrogens is 250 g/mol. The van der Waals surface area contributed by atoms with E-state index in [4.69, 9.17) is 11.6 Å². The Morgan fingerprint density at radius 3 is 2.88 bits per heavy atom. The number of nitrogens with one attached hydrogen (secondary N) is 1. The van der Waals surface area contributed by atoms with Gasteiger partial charge in [0.05, 0.1) is 5.02 Å². The summed E-state index contributed by atoms with van der Waals surface area (Å²) in [6.07, 6.45) is 2.77. The summed E-state index contributed by atoms with van der Waals surface area (Å²) in [6, 6.07) is 8.97. The monoisotopic (exact) mass is 265 g/mol. The van der Waals surface area contributed by atoms with Gasteiger partial charge in [-0.3, -0.25) is 0 Å². The largest absolute Gasteiger partial charge is 0.309 e. The van der Waals surface area contributed by atoms with Crippen LogP contribution in [0.3, 0.4) is 0 Å². The van der Waals surface area contributed by atoms with Crippen LogP contribution in [-0.4, -0.2) is 6.04 Å². The number of halogens is 1. The standard InChI is InChI=1S/C14H16ClNS/c1-9(10-6-7-10)16-8-13-14(15)11-4-2-3-5-12(11)17-13/h2-5,9-10,16H,6-8H2,1H3. The highest BCUT2D eigenvalue weighted by molar-refractivity contribution is 7.19. The SMILES string of the molecule is CC(NCc1sc2ccccc2c1Cl)C1CC1. The summed E-state index contributed by atoms with van der Waals surface area (Å²) in [6.45, 7) is 3.18. The van der Waals surface area contributed by atoms with Crippen LogP contribution in [0.4, 0.5) is 0 Å². The fourth-order valence-electron chi connectivity index (χ4n) is 2.19. The second kappa shape index (κ2) is 4.60. The summed E-state index contributed by atoms with van der Waals surface area (Å²) in [4.78, 5) is 1.26. The molecule has 1 nitrogen and oxygen atoms in total. The second-order valence-corrected chi connectivity index (χ2v) is 6.36. The molecule has 0 spiro atoms. The van der Waals surface area contributed by atoms with Crippen LogP contribution in [0.1, 0.15) is 24.6 Å². The van der Waals surface area contributed by atoms with Crippen LogP contribution in [0.15, 0.2) is 24.3 Å². The first-order chi connectivity index (χ1) is 8.25. The van der Waals surface area contributed by atoms with Gasteiger partial charge >= 0.3 is 0 Å². The first-order valence-electron chi connectivity index (χ1n) is 6.15.